The molecule has 0 aliphatic carbocycles. The van der Waals surface area contributed by atoms with Crippen LogP contribution in [0.4, 0.5) is 0 Å². The van der Waals surface area contributed by atoms with Crippen LogP contribution in [0, 0.1) is 0 Å². The molecule has 120 valence electrons. The van der Waals surface area contributed by atoms with Gasteiger partial charge in [0, 0.05) is 43.4 Å². The van der Waals surface area contributed by atoms with E-state index in [1.54, 1.807) is 18.7 Å². The van der Waals surface area contributed by atoms with Gasteiger partial charge in [0.1, 0.15) is 5.75 Å². The lowest BCUT2D eigenvalue weighted by atomic mass is 10.2. The monoisotopic (exact) mass is 322 g/mol. The molecule has 0 spiro atoms. The zero-order valence-electron chi connectivity index (χ0n) is 12.8. The SMILES string of the molecule is C[C@@H](O)CN1CCN(C(=O)[C@@H]2CSc3ccccc3O2)CC1. The van der Waals surface area contributed by atoms with Gasteiger partial charge in [-0.1, -0.05) is 12.1 Å². The van der Waals surface area contributed by atoms with E-state index < -0.39 is 0 Å². The first-order valence-electron chi connectivity index (χ1n) is 7.71. The average molecular weight is 322 g/mol. The van der Waals surface area contributed by atoms with E-state index in [2.05, 4.69) is 4.90 Å². The second-order valence-corrected chi connectivity index (χ2v) is 6.90. The third kappa shape index (κ3) is 3.56. The number of nitrogens with zero attached hydrogens (tertiary/aromatic N) is 2. The molecule has 2 heterocycles. The molecular formula is C16H22N2O3S. The number of carbonyl (C=O) groups is 1. The van der Waals surface area contributed by atoms with Crippen molar-refractivity contribution in [1.29, 1.82) is 0 Å². The number of amides is 1. The maximum absolute atomic E-state index is 12.6. The molecule has 0 unspecified atom stereocenters. The molecule has 1 aromatic carbocycles. The van der Waals surface area contributed by atoms with E-state index >= 15 is 0 Å². The Hall–Kier alpha value is -1.24. The van der Waals surface area contributed by atoms with Gasteiger partial charge in [0.25, 0.3) is 5.91 Å². The average Bonchev–Trinajstić information content (AvgIpc) is 2.54. The maximum Gasteiger partial charge on any atom is 0.264 e. The predicted octanol–water partition coefficient (Wildman–Crippen LogP) is 1.06. The standard InChI is InChI=1S/C16H22N2O3S/c1-12(19)10-17-6-8-18(9-7-17)16(20)14-11-22-15-5-3-2-4-13(15)21-14/h2-5,12,14,19H,6-11H2,1H3/t12-,14+/m1/s1. The highest BCUT2D eigenvalue weighted by molar-refractivity contribution is 7.99. The molecule has 0 aromatic heterocycles. The lowest BCUT2D eigenvalue weighted by Gasteiger charge is -2.37. The van der Waals surface area contributed by atoms with Crippen molar-refractivity contribution in [2.75, 3.05) is 38.5 Å². The third-order valence-electron chi connectivity index (χ3n) is 3.99. The van der Waals surface area contributed by atoms with Crippen molar-refractivity contribution in [2.24, 2.45) is 0 Å². The van der Waals surface area contributed by atoms with E-state index in [1.165, 1.54) is 0 Å². The van der Waals surface area contributed by atoms with Crippen LogP contribution in [-0.2, 0) is 4.79 Å². The van der Waals surface area contributed by atoms with Gasteiger partial charge in [0.15, 0.2) is 6.10 Å². The number of aliphatic hydroxyl groups excluding tert-OH is 1. The number of carbonyl (C=O) groups excluding carboxylic acids is 1. The summed E-state index contributed by atoms with van der Waals surface area (Å²) < 4.78 is 5.87. The summed E-state index contributed by atoms with van der Waals surface area (Å²) in [5, 5.41) is 9.43. The first kappa shape index (κ1) is 15.6. The zero-order valence-corrected chi connectivity index (χ0v) is 13.6. The van der Waals surface area contributed by atoms with Gasteiger partial charge in [0.2, 0.25) is 0 Å². The molecule has 5 nitrogen and oxygen atoms in total. The molecule has 22 heavy (non-hydrogen) atoms. The highest BCUT2D eigenvalue weighted by Crippen LogP contribution is 2.35. The Balaban J connectivity index is 1.55. The van der Waals surface area contributed by atoms with Crippen LogP contribution < -0.4 is 4.74 Å². The molecule has 3 rings (SSSR count). The van der Waals surface area contributed by atoms with Crippen LogP contribution in [0.15, 0.2) is 29.2 Å². The number of aliphatic hydroxyl groups is 1. The van der Waals surface area contributed by atoms with E-state index in [0.717, 1.165) is 23.7 Å². The Morgan fingerprint density at radius 3 is 2.82 bits per heavy atom. The Morgan fingerprint density at radius 1 is 1.36 bits per heavy atom. The quantitative estimate of drug-likeness (QED) is 0.902. The molecule has 1 aromatic rings. The van der Waals surface area contributed by atoms with Crippen LogP contribution in [0.1, 0.15) is 6.92 Å². The number of hydrogen-bond acceptors (Lipinski definition) is 5. The second-order valence-electron chi connectivity index (χ2n) is 5.84. The van der Waals surface area contributed by atoms with Crippen molar-refractivity contribution in [2.45, 2.75) is 24.0 Å². The predicted molar refractivity (Wildman–Crippen MR) is 86.3 cm³/mol. The summed E-state index contributed by atoms with van der Waals surface area (Å²) in [6, 6.07) is 7.86. The van der Waals surface area contributed by atoms with Crippen LogP contribution in [0.5, 0.6) is 5.75 Å². The first-order valence-corrected chi connectivity index (χ1v) is 8.70. The van der Waals surface area contributed by atoms with Gasteiger partial charge in [0.05, 0.1) is 6.10 Å². The molecule has 0 bridgehead atoms. The summed E-state index contributed by atoms with van der Waals surface area (Å²) in [5.74, 6) is 1.56. The summed E-state index contributed by atoms with van der Waals surface area (Å²) in [6.45, 7) is 5.50. The zero-order chi connectivity index (χ0) is 15.5. The van der Waals surface area contributed by atoms with Crippen molar-refractivity contribution in [1.82, 2.24) is 9.80 Å². The smallest absolute Gasteiger partial charge is 0.264 e. The number of ether oxygens (including phenoxy) is 1. The lowest BCUT2D eigenvalue weighted by molar-refractivity contribution is -0.139. The minimum Gasteiger partial charge on any atom is -0.479 e. The van der Waals surface area contributed by atoms with Crippen LogP contribution in [-0.4, -0.2) is 71.5 Å². The molecule has 0 radical (unpaired) electrons. The van der Waals surface area contributed by atoms with Gasteiger partial charge < -0.3 is 14.7 Å². The fourth-order valence-electron chi connectivity index (χ4n) is 2.87. The minimum atomic E-state index is -0.386. The Labute approximate surface area is 135 Å². The van der Waals surface area contributed by atoms with E-state index in [9.17, 15) is 9.90 Å². The molecular weight excluding hydrogens is 300 g/mol. The summed E-state index contributed by atoms with van der Waals surface area (Å²) in [4.78, 5) is 17.8. The first-order chi connectivity index (χ1) is 10.6. The normalized spacial score (nSPS) is 23.5. The molecule has 0 saturated carbocycles. The van der Waals surface area contributed by atoms with Crippen molar-refractivity contribution in [3.05, 3.63) is 24.3 Å². The molecule has 1 saturated heterocycles. The number of para-hydroxylation sites is 1. The van der Waals surface area contributed by atoms with Gasteiger partial charge in [-0.2, -0.15) is 0 Å². The third-order valence-corrected chi connectivity index (χ3v) is 5.11. The second kappa shape index (κ2) is 6.89. The van der Waals surface area contributed by atoms with Crippen LogP contribution in [0.2, 0.25) is 0 Å². The number of hydrogen-bond donors (Lipinski definition) is 1. The van der Waals surface area contributed by atoms with Gasteiger partial charge >= 0.3 is 0 Å². The van der Waals surface area contributed by atoms with Crippen molar-refractivity contribution in [3.63, 3.8) is 0 Å². The molecule has 2 aliphatic rings. The molecule has 6 heteroatoms. The van der Waals surface area contributed by atoms with E-state index in [-0.39, 0.29) is 18.1 Å². The van der Waals surface area contributed by atoms with Crippen molar-refractivity contribution >= 4 is 17.7 Å². The number of thioether (sulfide) groups is 1. The Bertz CT molecular complexity index is 530. The summed E-state index contributed by atoms with van der Waals surface area (Å²) in [5.41, 5.74) is 0. The topological polar surface area (TPSA) is 53.0 Å². The number of β-amino-alcohol motifs (C(OH)–C–C–N with tert-alkyl or cyclic N) is 1. The Kier molecular flexibility index (Phi) is 4.90. The summed E-state index contributed by atoms with van der Waals surface area (Å²) in [6.07, 6.45) is -0.708. The van der Waals surface area contributed by atoms with Crippen molar-refractivity contribution < 1.29 is 14.6 Å². The highest BCUT2D eigenvalue weighted by atomic mass is 32.2. The van der Waals surface area contributed by atoms with Gasteiger partial charge in [-0.05, 0) is 19.1 Å². The minimum absolute atomic E-state index is 0.0821. The van der Waals surface area contributed by atoms with Gasteiger partial charge in [-0.3, -0.25) is 9.69 Å². The molecule has 1 fully saturated rings. The van der Waals surface area contributed by atoms with Crippen LogP contribution >= 0.6 is 11.8 Å². The highest BCUT2D eigenvalue weighted by Gasteiger charge is 2.32. The number of fused-ring (bicyclic) bond motifs is 1. The largest absolute Gasteiger partial charge is 0.479 e. The lowest BCUT2D eigenvalue weighted by Crippen LogP contribution is -2.54. The number of piperazine rings is 1. The van der Waals surface area contributed by atoms with Gasteiger partial charge in [-0.25, -0.2) is 0 Å². The van der Waals surface area contributed by atoms with E-state index in [1.807, 2.05) is 29.2 Å². The molecule has 2 aliphatic heterocycles. The fraction of sp³-hybridized carbons (Fsp3) is 0.562. The molecule has 1 amide bonds. The number of benzene rings is 1. The maximum atomic E-state index is 12.6. The molecule has 1 N–H and O–H groups in total. The van der Waals surface area contributed by atoms with E-state index in [0.29, 0.717) is 25.4 Å². The van der Waals surface area contributed by atoms with Crippen molar-refractivity contribution in [3.8, 4) is 5.75 Å². The molecule has 2 atom stereocenters. The number of rotatable bonds is 3. The van der Waals surface area contributed by atoms with Crippen LogP contribution in [0.25, 0.3) is 0 Å². The Morgan fingerprint density at radius 2 is 2.09 bits per heavy atom. The van der Waals surface area contributed by atoms with Gasteiger partial charge in [-0.15, -0.1) is 11.8 Å². The fourth-order valence-corrected chi connectivity index (χ4v) is 3.84. The van der Waals surface area contributed by atoms with E-state index in [4.69, 9.17) is 4.74 Å². The summed E-state index contributed by atoms with van der Waals surface area (Å²) >= 11 is 1.68. The summed E-state index contributed by atoms with van der Waals surface area (Å²) in [7, 11) is 0. The van der Waals surface area contributed by atoms with Crippen LogP contribution in [0.3, 0.4) is 0 Å².